The molecule has 1 N–H and O–H groups in total. The lowest BCUT2D eigenvalue weighted by Crippen LogP contribution is -2.66. The molecular formula is C65H70O13. The van der Waals surface area contributed by atoms with Gasteiger partial charge in [0.25, 0.3) is 0 Å². The third-order valence-corrected chi connectivity index (χ3v) is 13.5. The van der Waals surface area contributed by atoms with Crippen molar-refractivity contribution in [3.63, 3.8) is 0 Å². The molecule has 0 saturated carbocycles. The topological polar surface area (TPSA) is 139 Å². The lowest BCUT2D eigenvalue weighted by atomic mass is 9.96. The smallest absolute Gasteiger partial charge is 0.306 e. The Labute approximate surface area is 457 Å². The van der Waals surface area contributed by atoms with Crippen LogP contribution in [0, 0.1) is 0 Å². The van der Waals surface area contributed by atoms with Crippen molar-refractivity contribution in [2.24, 2.45) is 0 Å². The van der Waals surface area contributed by atoms with E-state index in [1.54, 1.807) is 0 Å². The molecule has 0 aromatic heterocycles. The van der Waals surface area contributed by atoms with E-state index in [1.165, 1.54) is 0 Å². The summed E-state index contributed by atoms with van der Waals surface area (Å²) >= 11 is 0. The standard InChI is InChI=1S/C65H70O13/c66-57(71-41-50-27-12-3-13-28-50)37-22-38-70-64-63(75-45-54-35-20-7-21-36-54)61(73-43-52-31-16-5-17-32-52)59(56(77-64)47-69-40-49-25-10-2-11-26-49)78-65-62(74-44-53-33-18-6-19-34-53)60(72-42-51-29-14-4-15-30-51)58(67)55(76-65)46-68-39-48-23-8-1-9-24-48/h1-21,23-36,55-56,58-65,67H,22,37-47H2/t55?,56?,58-,59-,60-,61+,62?,63?,64+,65-/m0/s1. The molecule has 0 spiro atoms. The number of esters is 1. The van der Waals surface area contributed by atoms with Crippen LogP contribution in [0.15, 0.2) is 212 Å². The molecular weight excluding hydrogens is 989 g/mol. The number of hydrogen-bond donors (Lipinski definition) is 1. The summed E-state index contributed by atoms with van der Waals surface area (Å²) < 4.78 is 74.0. The van der Waals surface area contributed by atoms with Crippen LogP contribution in [0.2, 0.25) is 0 Å². The Hall–Kier alpha value is -6.43. The van der Waals surface area contributed by atoms with E-state index < -0.39 is 61.4 Å². The molecule has 10 atom stereocenters. The van der Waals surface area contributed by atoms with Gasteiger partial charge in [-0.3, -0.25) is 4.79 Å². The van der Waals surface area contributed by atoms with Gasteiger partial charge in [-0.05, 0) is 45.4 Å². The molecule has 0 aliphatic carbocycles. The van der Waals surface area contributed by atoms with Crippen molar-refractivity contribution < 1.29 is 62.0 Å². The van der Waals surface area contributed by atoms with Gasteiger partial charge in [-0.2, -0.15) is 0 Å². The van der Waals surface area contributed by atoms with E-state index in [4.69, 9.17) is 52.1 Å². The number of carbonyl (C=O) groups is 1. The van der Waals surface area contributed by atoms with Crippen molar-refractivity contribution in [3.05, 3.63) is 251 Å². The SMILES string of the molecule is O=C(CCCO[C@@H]1OC(COCc2ccccc2)[C@H](O[C@@H]2OC(COCc3ccccc3)[C@H](O)[C@H](OCc3ccccc3)C2OCc2ccccc2)[C@@H](OCc2ccccc2)C1OCc1ccccc1)OCc1ccccc1. The van der Waals surface area contributed by atoms with E-state index in [0.717, 1.165) is 38.9 Å². The van der Waals surface area contributed by atoms with Crippen LogP contribution in [0.4, 0.5) is 0 Å². The van der Waals surface area contributed by atoms with Crippen molar-refractivity contribution >= 4 is 5.97 Å². The number of ether oxygens (including phenoxy) is 11. The highest BCUT2D eigenvalue weighted by Crippen LogP contribution is 2.36. The molecule has 2 fully saturated rings. The monoisotopic (exact) mass is 1060 g/mol. The fraction of sp³-hybridized carbons (Fsp3) is 0.338. The van der Waals surface area contributed by atoms with Gasteiger partial charge in [0.2, 0.25) is 0 Å². The minimum atomic E-state index is -1.21. The van der Waals surface area contributed by atoms with E-state index in [1.807, 2.05) is 212 Å². The molecule has 2 aliphatic heterocycles. The minimum Gasteiger partial charge on any atom is -0.461 e. The number of carbonyl (C=O) groups excluding carboxylic acids is 1. The van der Waals surface area contributed by atoms with Crippen LogP contribution in [-0.2, 0) is 103 Å². The first kappa shape index (κ1) is 56.3. The fourth-order valence-electron chi connectivity index (χ4n) is 9.36. The van der Waals surface area contributed by atoms with Crippen LogP contribution in [0.5, 0.6) is 0 Å². The molecule has 0 amide bonds. The third-order valence-electron chi connectivity index (χ3n) is 13.5. The first-order valence-electron chi connectivity index (χ1n) is 26.8. The van der Waals surface area contributed by atoms with Crippen molar-refractivity contribution in [2.45, 2.75) is 121 Å². The normalized spacial score (nSPS) is 23.1. The highest BCUT2D eigenvalue weighted by Gasteiger charge is 2.54. The summed E-state index contributed by atoms with van der Waals surface area (Å²) in [6, 6.07) is 68.6. The molecule has 78 heavy (non-hydrogen) atoms. The number of aliphatic hydroxyl groups is 1. The quantitative estimate of drug-likeness (QED) is 0.0352. The number of hydrogen-bond acceptors (Lipinski definition) is 13. The summed E-state index contributed by atoms with van der Waals surface area (Å²) in [5, 5.41) is 12.4. The van der Waals surface area contributed by atoms with Crippen LogP contribution in [0.3, 0.4) is 0 Å². The molecule has 7 aromatic carbocycles. The molecule has 2 saturated heterocycles. The van der Waals surface area contributed by atoms with Gasteiger partial charge in [-0.15, -0.1) is 0 Å². The Balaban J connectivity index is 1.05. The average molecular weight is 1060 g/mol. The number of aliphatic hydroxyl groups excluding tert-OH is 1. The van der Waals surface area contributed by atoms with Gasteiger partial charge in [0.1, 0.15) is 55.4 Å². The van der Waals surface area contributed by atoms with E-state index >= 15 is 0 Å². The highest BCUT2D eigenvalue weighted by atomic mass is 16.8. The minimum absolute atomic E-state index is 0.00374. The van der Waals surface area contributed by atoms with Gasteiger partial charge in [-0.1, -0.05) is 212 Å². The molecule has 0 radical (unpaired) electrons. The van der Waals surface area contributed by atoms with Gasteiger partial charge in [0.15, 0.2) is 12.6 Å². The van der Waals surface area contributed by atoms with Crippen molar-refractivity contribution in [2.75, 3.05) is 19.8 Å². The summed E-state index contributed by atoms with van der Waals surface area (Å²) in [6.45, 7) is 1.58. The van der Waals surface area contributed by atoms with E-state index in [9.17, 15) is 9.90 Å². The lowest BCUT2D eigenvalue weighted by molar-refractivity contribution is -0.375. The zero-order valence-electron chi connectivity index (χ0n) is 43.8. The van der Waals surface area contributed by atoms with Crippen molar-refractivity contribution in [1.29, 1.82) is 0 Å². The van der Waals surface area contributed by atoms with Gasteiger partial charge in [0, 0.05) is 6.42 Å². The summed E-state index contributed by atoms with van der Waals surface area (Å²) in [4.78, 5) is 13.0. The predicted octanol–water partition coefficient (Wildman–Crippen LogP) is 10.5. The zero-order chi connectivity index (χ0) is 53.4. The Morgan fingerprint density at radius 2 is 0.718 bits per heavy atom. The van der Waals surface area contributed by atoms with E-state index in [0.29, 0.717) is 6.42 Å². The Kier molecular flexibility index (Phi) is 22.1. The maximum Gasteiger partial charge on any atom is 0.306 e. The summed E-state index contributed by atoms with van der Waals surface area (Å²) in [5.41, 5.74) is 6.48. The second-order valence-electron chi connectivity index (χ2n) is 19.3. The Morgan fingerprint density at radius 1 is 0.372 bits per heavy atom. The fourth-order valence-corrected chi connectivity index (χ4v) is 9.36. The van der Waals surface area contributed by atoms with Crippen molar-refractivity contribution in [1.82, 2.24) is 0 Å². The van der Waals surface area contributed by atoms with Gasteiger partial charge < -0.3 is 57.2 Å². The van der Waals surface area contributed by atoms with Crippen LogP contribution >= 0.6 is 0 Å². The summed E-state index contributed by atoms with van der Waals surface area (Å²) in [7, 11) is 0. The first-order valence-corrected chi connectivity index (χ1v) is 26.8. The van der Waals surface area contributed by atoms with Crippen LogP contribution in [0.1, 0.15) is 51.8 Å². The molecule has 2 heterocycles. The molecule has 408 valence electrons. The number of rotatable bonds is 29. The molecule has 13 heteroatoms. The zero-order valence-corrected chi connectivity index (χ0v) is 43.8. The third kappa shape index (κ3) is 17.3. The van der Waals surface area contributed by atoms with Crippen molar-refractivity contribution in [3.8, 4) is 0 Å². The second kappa shape index (κ2) is 30.6. The molecule has 0 bridgehead atoms. The highest BCUT2D eigenvalue weighted by molar-refractivity contribution is 5.69. The lowest BCUT2D eigenvalue weighted by Gasteiger charge is -2.49. The van der Waals surface area contributed by atoms with Gasteiger partial charge in [-0.25, -0.2) is 0 Å². The molecule has 2 aliphatic rings. The van der Waals surface area contributed by atoms with E-state index in [-0.39, 0.29) is 78.5 Å². The maximum absolute atomic E-state index is 13.0. The Morgan fingerprint density at radius 3 is 1.15 bits per heavy atom. The van der Waals surface area contributed by atoms with Gasteiger partial charge in [0.05, 0.1) is 59.5 Å². The summed E-state index contributed by atoms with van der Waals surface area (Å²) in [5.74, 6) is -0.343. The first-order chi connectivity index (χ1) is 38.5. The summed E-state index contributed by atoms with van der Waals surface area (Å²) in [6.07, 6.45) is -9.55. The molecule has 13 nitrogen and oxygen atoms in total. The second-order valence-corrected chi connectivity index (χ2v) is 19.3. The maximum atomic E-state index is 13.0. The van der Waals surface area contributed by atoms with Crippen LogP contribution < -0.4 is 0 Å². The molecule has 7 aromatic rings. The van der Waals surface area contributed by atoms with E-state index in [2.05, 4.69) is 0 Å². The molecule has 9 rings (SSSR count). The number of benzene rings is 7. The van der Waals surface area contributed by atoms with Gasteiger partial charge >= 0.3 is 5.97 Å². The predicted molar refractivity (Wildman–Crippen MR) is 292 cm³/mol. The average Bonchev–Trinajstić information content (AvgIpc) is 3.52. The Bertz CT molecular complexity index is 2730. The largest absolute Gasteiger partial charge is 0.461 e. The van der Waals surface area contributed by atoms with Crippen LogP contribution in [-0.4, -0.2) is 92.3 Å². The molecule has 4 unspecified atom stereocenters. The van der Waals surface area contributed by atoms with Crippen LogP contribution in [0.25, 0.3) is 0 Å².